The first-order valence-electron chi connectivity index (χ1n) is 4.35. The normalized spacial score (nSPS) is 14.0. The van der Waals surface area contributed by atoms with Crippen molar-refractivity contribution < 1.29 is 35.8 Å². The Morgan fingerprint density at radius 1 is 0.706 bits per heavy atom. The first-order valence-corrected chi connectivity index (χ1v) is 4.35. The van der Waals surface area contributed by atoms with E-state index < -0.39 is 44.0 Å². The molecule has 2 nitrogen and oxygen atoms in total. The molecule has 0 fully saturated rings. The molecule has 0 aromatic rings. The van der Waals surface area contributed by atoms with Crippen LogP contribution in [0.15, 0.2) is 0 Å². The summed E-state index contributed by atoms with van der Waals surface area (Å²) in [5.41, 5.74) is -1.73. The van der Waals surface area contributed by atoms with Crippen LogP contribution < -0.4 is 0 Å². The zero-order chi connectivity index (χ0) is 13.7. The van der Waals surface area contributed by atoms with Gasteiger partial charge in [-0.25, -0.2) is 0 Å². The van der Waals surface area contributed by atoms with Gasteiger partial charge in [0.25, 0.3) is 0 Å². The van der Waals surface area contributed by atoms with Gasteiger partial charge in [-0.05, 0) is 0 Å². The van der Waals surface area contributed by atoms with E-state index in [2.05, 4.69) is 9.47 Å². The SMILES string of the molecule is [B]CC(C[B])(COC(F)(F)F)COC(F)(F)F. The molecule has 0 N–H and O–H groups in total. The Morgan fingerprint density at radius 2 is 1.00 bits per heavy atom. The second-order valence-corrected chi connectivity index (χ2v) is 3.38. The van der Waals surface area contributed by atoms with Crippen LogP contribution >= 0.6 is 0 Å². The van der Waals surface area contributed by atoms with Gasteiger partial charge in [0.05, 0.1) is 28.9 Å². The van der Waals surface area contributed by atoms with Crippen molar-refractivity contribution in [3.05, 3.63) is 0 Å². The van der Waals surface area contributed by atoms with Crippen molar-refractivity contribution in [3.63, 3.8) is 0 Å². The van der Waals surface area contributed by atoms with Gasteiger partial charge >= 0.3 is 12.7 Å². The molecule has 0 atom stereocenters. The van der Waals surface area contributed by atoms with Gasteiger partial charge in [-0.3, -0.25) is 9.47 Å². The van der Waals surface area contributed by atoms with E-state index in [1.165, 1.54) is 0 Å². The zero-order valence-electron chi connectivity index (χ0n) is 8.57. The highest BCUT2D eigenvalue weighted by Gasteiger charge is 2.39. The molecule has 0 unspecified atom stereocenters. The Morgan fingerprint density at radius 3 is 1.18 bits per heavy atom. The van der Waals surface area contributed by atoms with Crippen LogP contribution in [0.5, 0.6) is 0 Å². The Kier molecular flexibility index (Phi) is 5.86. The lowest BCUT2D eigenvalue weighted by Crippen LogP contribution is -2.36. The molecule has 0 aliphatic rings. The lowest BCUT2D eigenvalue weighted by atomic mass is 9.69. The van der Waals surface area contributed by atoms with Crippen LogP contribution in [-0.2, 0) is 9.47 Å². The van der Waals surface area contributed by atoms with Crippen molar-refractivity contribution in [1.29, 1.82) is 0 Å². The summed E-state index contributed by atoms with van der Waals surface area (Å²) in [7, 11) is 10.2. The van der Waals surface area contributed by atoms with E-state index in [1.54, 1.807) is 0 Å². The van der Waals surface area contributed by atoms with Crippen LogP contribution in [0.25, 0.3) is 0 Å². The number of hydrogen-bond acceptors (Lipinski definition) is 2. The van der Waals surface area contributed by atoms with Gasteiger partial charge < -0.3 is 0 Å². The molecule has 0 rings (SSSR count). The third kappa shape index (κ3) is 7.54. The van der Waals surface area contributed by atoms with Crippen molar-refractivity contribution >= 4 is 15.7 Å². The fourth-order valence-corrected chi connectivity index (χ4v) is 0.831. The van der Waals surface area contributed by atoms with E-state index in [4.69, 9.17) is 15.7 Å². The summed E-state index contributed by atoms with van der Waals surface area (Å²) in [6, 6.07) is 0. The van der Waals surface area contributed by atoms with E-state index in [0.29, 0.717) is 0 Å². The third-order valence-electron chi connectivity index (χ3n) is 1.95. The second-order valence-electron chi connectivity index (χ2n) is 3.38. The van der Waals surface area contributed by atoms with Crippen LogP contribution in [0, 0.1) is 5.41 Å². The van der Waals surface area contributed by atoms with Gasteiger partial charge in [0.1, 0.15) is 0 Å². The summed E-state index contributed by atoms with van der Waals surface area (Å²) in [6.07, 6.45) is -11.0. The summed E-state index contributed by atoms with van der Waals surface area (Å²) in [6.45, 7) is -2.20. The van der Waals surface area contributed by atoms with Crippen molar-refractivity contribution in [2.24, 2.45) is 5.41 Å². The molecule has 0 bridgehead atoms. The number of ether oxygens (including phenoxy) is 2. The Bertz CT molecular complexity index is 205. The van der Waals surface area contributed by atoms with Gasteiger partial charge in [-0.15, -0.1) is 26.3 Å². The van der Waals surface area contributed by atoms with Crippen LogP contribution in [0.4, 0.5) is 26.3 Å². The van der Waals surface area contributed by atoms with Gasteiger partial charge in [-0.1, -0.05) is 12.6 Å². The highest BCUT2D eigenvalue weighted by molar-refractivity contribution is 6.12. The molecule has 0 aromatic carbocycles. The van der Waals surface area contributed by atoms with Crippen LogP contribution in [-0.4, -0.2) is 41.6 Å². The predicted octanol–water partition coefficient (Wildman–Crippen LogP) is 2.22. The molecule has 0 spiro atoms. The zero-order valence-corrected chi connectivity index (χ0v) is 8.57. The van der Waals surface area contributed by atoms with Crippen molar-refractivity contribution in [1.82, 2.24) is 0 Å². The lowest BCUT2D eigenvalue weighted by Gasteiger charge is -2.32. The number of halogens is 6. The van der Waals surface area contributed by atoms with Gasteiger partial charge in [0.2, 0.25) is 0 Å². The molecule has 4 radical (unpaired) electrons. The second kappa shape index (κ2) is 5.99. The van der Waals surface area contributed by atoms with Crippen molar-refractivity contribution in [2.75, 3.05) is 13.2 Å². The first kappa shape index (κ1) is 16.6. The molecule has 96 valence electrons. The average Bonchev–Trinajstić information content (AvgIpc) is 2.16. The molecule has 0 amide bonds. The summed E-state index contributed by atoms with van der Waals surface area (Å²) >= 11 is 0. The maximum Gasteiger partial charge on any atom is 0.522 e. The van der Waals surface area contributed by atoms with Gasteiger partial charge in [0, 0.05) is 5.41 Å². The topological polar surface area (TPSA) is 18.5 Å². The Labute approximate surface area is 96.5 Å². The number of rotatable bonds is 6. The fraction of sp³-hybridized carbons (Fsp3) is 1.00. The summed E-state index contributed by atoms with van der Waals surface area (Å²) in [5, 5.41) is 0. The van der Waals surface area contributed by atoms with E-state index in [9.17, 15) is 26.3 Å². The van der Waals surface area contributed by atoms with Gasteiger partial charge in [-0.2, -0.15) is 0 Å². The highest BCUT2D eigenvalue weighted by Crippen LogP contribution is 2.32. The molecule has 0 aliphatic heterocycles. The first-order chi connectivity index (χ1) is 7.54. The average molecular weight is 260 g/mol. The molecule has 0 saturated heterocycles. The minimum atomic E-state index is -4.96. The van der Waals surface area contributed by atoms with E-state index >= 15 is 0 Å². The van der Waals surface area contributed by atoms with E-state index in [-0.39, 0.29) is 0 Å². The maximum atomic E-state index is 11.8. The third-order valence-corrected chi connectivity index (χ3v) is 1.95. The van der Waals surface area contributed by atoms with Crippen LogP contribution in [0.2, 0.25) is 12.6 Å². The summed E-state index contributed by atoms with van der Waals surface area (Å²) < 4.78 is 77.5. The van der Waals surface area contributed by atoms with E-state index in [1.807, 2.05) is 0 Å². The number of hydrogen-bond donors (Lipinski definition) is 0. The molecule has 0 heterocycles. The standard InChI is InChI=1S/C7H8B2F6O2/c8-1-5(2-9,3-16-6(10,11)12)4-17-7(13,14)15/h1-4H2. The molecule has 10 heteroatoms. The van der Waals surface area contributed by atoms with Crippen molar-refractivity contribution in [2.45, 2.75) is 25.4 Å². The quantitative estimate of drug-likeness (QED) is 0.538. The van der Waals surface area contributed by atoms with Crippen molar-refractivity contribution in [3.8, 4) is 0 Å². The van der Waals surface area contributed by atoms with Crippen LogP contribution in [0.1, 0.15) is 0 Å². The highest BCUT2D eigenvalue weighted by atomic mass is 19.4. The minimum absolute atomic E-state index is 0.532. The summed E-state index contributed by atoms with van der Waals surface area (Å²) in [5.74, 6) is 0. The Balaban J connectivity index is 4.46. The summed E-state index contributed by atoms with van der Waals surface area (Å²) in [4.78, 5) is 0. The monoisotopic (exact) mass is 260 g/mol. The largest absolute Gasteiger partial charge is 0.522 e. The number of alkyl halides is 6. The fourth-order valence-electron chi connectivity index (χ4n) is 0.831. The molecule has 0 aromatic heterocycles. The lowest BCUT2D eigenvalue weighted by molar-refractivity contribution is -0.350. The Hall–Kier alpha value is -0.370. The smallest absolute Gasteiger partial charge is 0.291 e. The van der Waals surface area contributed by atoms with Gasteiger partial charge in [0.15, 0.2) is 0 Å². The van der Waals surface area contributed by atoms with E-state index in [0.717, 1.165) is 0 Å². The molecular formula is C7H8B2F6O2. The predicted molar refractivity (Wildman–Crippen MR) is 47.6 cm³/mol. The van der Waals surface area contributed by atoms with Crippen LogP contribution in [0.3, 0.4) is 0 Å². The maximum absolute atomic E-state index is 11.8. The molecule has 0 aliphatic carbocycles. The minimum Gasteiger partial charge on any atom is -0.291 e. The molecule has 0 saturated carbocycles. The molecule has 17 heavy (non-hydrogen) atoms. The molecular weight excluding hydrogens is 252 g/mol.